The zero-order chi connectivity index (χ0) is 28.4. The summed E-state index contributed by atoms with van der Waals surface area (Å²) in [6, 6.07) is 21.0. The average molecular weight is 560 g/mol. The van der Waals surface area contributed by atoms with E-state index in [9.17, 15) is 13.6 Å². The molecule has 2 unspecified atom stereocenters. The molecule has 1 saturated carbocycles. The lowest BCUT2D eigenvalue weighted by Gasteiger charge is -2.37. The van der Waals surface area contributed by atoms with E-state index < -0.39 is 23.3 Å². The van der Waals surface area contributed by atoms with Gasteiger partial charge in [0.1, 0.15) is 18.2 Å². The van der Waals surface area contributed by atoms with Crippen molar-refractivity contribution in [3.63, 3.8) is 0 Å². The molecule has 9 heteroatoms. The van der Waals surface area contributed by atoms with Crippen molar-refractivity contribution < 1.29 is 27.8 Å². The Labute approximate surface area is 236 Å². The lowest BCUT2D eigenvalue weighted by atomic mass is 9.86. The highest BCUT2D eigenvalue weighted by atomic mass is 19.2. The Balaban J connectivity index is 1.67. The van der Waals surface area contributed by atoms with Gasteiger partial charge in [-0.1, -0.05) is 73.5 Å². The molecule has 1 aliphatic heterocycles. The minimum absolute atomic E-state index is 0.0275. The van der Waals surface area contributed by atoms with Gasteiger partial charge in [0.2, 0.25) is 6.79 Å². The summed E-state index contributed by atoms with van der Waals surface area (Å²) in [4.78, 5) is 19.5. The Morgan fingerprint density at radius 2 is 1.76 bits per heavy atom. The van der Waals surface area contributed by atoms with E-state index in [4.69, 9.17) is 19.2 Å². The lowest BCUT2D eigenvalue weighted by molar-refractivity contribution is -0.131. The maximum absolute atomic E-state index is 14.9. The first-order chi connectivity index (χ1) is 20.0. The second-order valence-electron chi connectivity index (χ2n) is 10.5. The predicted octanol–water partition coefficient (Wildman–Crippen LogP) is 5.89. The Morgan fingerprint density at radius 3 is 2.41 bits per heavy atom. The van der Waals surface area contributed by atoms with Crippen LogP contribution in [0.2, 0.25) is 0 Å². The van der Waals surface area contributed by atoms with Crippen molar-refractivity contribution in [3.05, 3.63) is 113 Å². The van der Waals surface area contributed by atoms with Gasteiger partial charge in [0, 0.05) is 31.7 Å². The number of ether oxygens (including phenoxy) is 3. The fourth-order valence-corrected chi connectivity index (χ4v) is 5.98. The van der Waals surface area contributed by atoms with E-state index in [1.807, 2.05) is 60.7 Å². The van der Waals surface area contributed by atoms with E-state index in [1.54, 1.807) is 4.57 Å². The number of carbonyl (C=O) groups is 1. The highest BCUT2D eigenvalue weighted by Gasteiger charge is 2.51. The van der Waals surface area contributed by atoms with Gasteiger partial charge in [0.05, 0.1) is 11.0 Å². The number of hydrogen-bond donors (Lipinski definition) is 1. The molecule has 0 radical (unpaired) electrons. The summed E-state index contributed by atoms with van der Waals surface area (Å²) in [5.41, 5.74) is 0.387. The normalized spacial score (nSPS) is 17.5. The second kappa shape index (κ2) is 11.3. The number of benzene rings is 3. The molecule has 1 fully saturated rings. The molecule has 1 aliphatic carbocycles. The number of nitrogens with one attached hydrogen (secondary N) is 1. The number of fused-ring (bicyclic) bond motifs is 1. The molecule has 0 bridgehead atoms. The van der Waals surface area contributed by atoms with E-state index in [2.05, 4.69) is 5.32 Å². The van der Waals surface area contributed by atoms with E-state index in [1.165, 1.54) is 13.4 Å². The number of carbonyl (C=O) groups excluding carboxylic acids is 1. The Morgan fingerprint density at radius 1 is 1.07 bits per heavy atom. The Bertz CT molecular complexity index is 1570. The van der Waals surface area contributed by atoms with Gasteiger partial charge in [0.15, 0.2) is 22.9 Å². The van der Waals surface area contributed by atoms with Crippen LogP contribution in [0.5, 0.6) is 0 Å². The molecule has 4 aromatic rings. The maximum Gasteiger partial charge on any atom is 0.254 e. The van der Waals surface area contributed by atoms with Crippen molar-refractivity contribution in [1.29, 1.82) is 0 Å². The van der Waals surface area contributed by atoms with Crippen LogP contribution < -0.4 is 5.32 Å². The molecule has 1 aromatic heterocycles. The zero-order valence-corrected chi connectivity index (χ0v) is 22.7. The number of rotatable bonds is 9. The molecule has 2 aliphatic rings. The minimum Gasteiger partial charge on any atom is -0.461 e. The molecule has 212 valence electrons. The first-order valence-electron chi connectivity index (χ1n) is 13.8. The van der Waals surface area contributed by atoms with Gasteiger partial charge in [-0.2, -0.15) is 0 Å². The first-order valence-corrected chi connectivity index (χ1v) is 13.8. The van der Waals surface area contributed by atoms with E-state index in [0.717, 1.165) is 48.9 Å². The zero-order valence-electron chi connectivity index (χ0n) is 22.7. The van der Waals surface area contributed by atoms with Crippen LogP contribution >= 0.6 is 0 Å². The molecule has 2 heterocycles. The number of halogens is 2. The molecule has 1 N–H and O–H groups in total. The van der Waals surface area contributed by atoms with Gasteiger partial charge in [-0.15, -0.1) is 0 Å². The highest BCUT2D eigenvalue weighted by molar-refractivity contribution is 5.91. The van der Waals surface area contributed by atoms with Crippen LogP contribution in [0.15, 0.2) is 84.8 Å². The third-order valence-electron chi connectivity index (χ3n) is 7.93. The third kappa shape index (κ3) is 4.95. The SMILES string of the molecule is COC(c1ccccc1)c1nc2cc(F)c(F)cc2n1C(Cc1ccccc1)(C(=O)NC1CCCC1)C1=COCO1. The summed E-state index contributed by atoms with van der Waals surface area (Å²) in [6.45, 7) is -0.0834. The van der Waals surface area contributed by atoms with E-state index in [0.29, 0.717) is 5.82 Å². The lowest BCUT2D eigenvalue weighted by Crippen LogP contribution is -2.54. The number of amides is 1. The predicted molar refractivity (Wildman–Crippen MR) is 149 cm³/mol. The van der Waals surface area contributed by atoms with E-state index >= 15 is 0 Å². The van der Waals surface area contributed by atoms with Gasteiger partial charge in [-0.25, -0.2) is 13.8 Å². The summed E-state index contributed by atoms with van der Waals surface area (Å²) in [5, 5.41) is 3.25. The van der Waals surface area contributed by atoms with E-state index in [-0.39, 0.29) is 42.0 Å². The van der Waals surface area contributed by atoms with Crippen LogP contribution in [-0.4, -0.2) is 35.4 Å². The number of hydrogen-bond acceptors (Lipinski definition) is 5. The number of methoxy groups -OCH3 is 1. The minimum atomic E-state index is -1.61. The van der Waals surface area contributed by atoms with Crippen LogP contribution in [0, 0.1) is 11.6 Å². The Hall–Kier alpha value is -4.24. The third-order valence-corrected chi connectivity index (χ3v) is 7.93. The molecule has 2 atom stereocenters. The molecule has 1 amide bonds. The fraction of sp³-hybridized carbons (Fsp3) is 0.312. The monoisotopic (exact) mass is 559 g/mol. The maximum atomic E-state index is 14.9. The fourth-order valence-electron chi connectivity index (χ4n) is 5.98. The van der Waals surface area contributed by atoms with Gasteiger partial charge >= 0.3 is 0 Å². The molecular weight excluding hydrogens is 528 g/mol. The van der Waals surface area contributed by atoms with Crippen LogP contribution in [-0.2, 0) is 31.0 Å². The standard InChI is InChI=1S/C32H31F2N3O4/c1-39-29(22-12-6-3-7-13-22)30-36-26-16-24(33)25(34)17-27(26)37(30)32(28-19-40-20-41-28,18-21-10-4-2-5-11-21)31(38)35-23-14-8-9-15-23/h2-7,10-13,16-17,19,23,29H,8-9,14-15,18,20H2,1H3,(H,35,38). The van der Waals surface area contributed by atoms with Crippen LogP contribution in [0.4, 0.5) is 8.78 Å². The smallest absolute Gasteiger partial charge is 0.254 e. The molecule has 6 rings (SSSR count). The molecule has 41 heavy (non-hydrogen) atoms. The van der Waals surface area contributed by atoms with Crippen molar-refractivity contribution in [3.8, 4) is 0 Å². The number of aromatic nitrogens is 2. The molecular formula is C32H31F2N3O4. The first kappa shape index (κ1) is 27.0. The summed E-state index contributed by atoms with van der Waals surface area (Å²) >= 11 is 0. The summed E-state index contributed by atoms with van der Waals surface area (Å²) in [5.74, 6) is -1.90. The van der Waals surface area contributed by atoms with Gasteiger partial charge in [-0.05, 0) is 24.0 Å². The largest absolute Gasteiger partial charge is 0.461 e. The van der Waals surface area contributed by atoms with Gasteiger partial charge < -0.3 is 24.1 Å². The number of nitrogens with zero attached hydrogens (tertiary/aromatic N) is 2. The van der Waals surface area contributed by atoms with Crippen molar-refractivity contribution in [2.45, 2.75) is 49.8 Å². The van der Waals surface area contributed by atoms with Crippen molar-refractivity contribution >= 4 is 16.9 Å². The highest BCUT2D eigenvalue weighted by Crippen LogP contribution is 2.42. The quantitative estimate of drug-likeness (QED) is 0.277. The number of imidazole rings is 1. The molecule has 7 nitrogen and oxygen atoms in total. The van der Waals surface area contributed by atoms with Crippen LogP contribution in [0.25, 0.3) is 11.0 Å². The molecule has 3 aromatic carbocycles. The Kier molecular flexibility index (Phi) is 7.45. The second-order valence-corrected chi connectivity index (χ2v) is 10.5. The van der Waals surface area contributed by atoms with Crippen molar-refractivity contribution in [2.75, 3.05) is 13.9 Å². The average Bonchev–Trinajstić information content (AvgIpc) is 3.77. The van der Waals surface area contributed by atoms with Gasteiger partial charge in [0.25, 0.3) is 5.91 Å². The van der Waals surface area contributed by atoms with Gasteiger partial charge in [-0.3, -0.25) is 4.79 Å². The molecule has 0 saturated heterocycles. The topological polar surface area (TPSA) is 74.6 Å². The summed E-state index contributed by atoms with van der Waals surface area (Å²) < 4.78 is 48.7. The van der Waals surface area contributed by atoms with Crippen molar-refractivity contribution in [2.24, 2.45) is 0 Å². The summed E-state index contributed by atoms with van der Waals surface area (Å²) in [7, 11) is 1.54. The van der Waals surface area contributed by atoms with Crippen LogP contribution in [0.1, 0.15) is 48.7 Å². The summed E-state index contributed by atoms with van der Waals surface area (Å²) in [6.07, 6.45) is 4.52. The molecule has 0 spiro atoms. The van der Waals surface area contributed by atoms with Crippen molar-refractivity contribution in [1.82, 2.24) is 14.9 Å². The van der Waals surface area contributed by atoms with Crippen LogP contribution in [0.3, 0.4) is 0 Å².